The molecular weight excluding hydrogens is 381 g/mol. The van der Waals surface area contributed by atoms with Crippen LogP contribution in [0.2, 0.25) is 0 Å². The van der Waals surface area contributed by atoms with E-state index in [1.165, 1.54) is 24.3 Å². The first-order valence-corrected chi connectivity index (χ1v) is 9.58. The molecule has 1 aliphatic rings. The summed E-state index contributed by atoms with van der Waals surface area (Å²) in [5.41, 5.74) is 0.397. The lowest BCUT2D eigenvalue weighted by molar-refractivity contribution is -0.153. The van der Waals surface area contributed by atoms with Gasteiger partial charge in [-0.25, -0.2) is 9.18 Å². The molecule has 9 heteroatoms. The summed E-state index contributed by atoms with van der Waals surface area (Å²) in [5, 5.41) is 3.91. The quantitative estimate of drug-likeness (QED) is 0.684. The minimum absolute atomic E-state index is 0.0369. The third-order valence-electron chi connectivity index (χ3n) is 5.26. The van der Waals surface area contributed by atoms with Crippen molar-refractivity contribution >= 4 is 11.9 Å². The fourth-order valence-electron chi connectivity index (χ4n) is 3.36. The van der Waals surface area contributed by atoms with Gasteiger partial charge in [-0.05, 0) is 55.9 Å². The number of ether oxygens (including phenoxy) is 1. The first-order valence-electron chi connectivity index (χ1n) is 9.58. The van der Waals surface area contributed by atoms with Crippen LogP contribution in [0.1, 0.15) is 32.6 Å². The Morgan fingerprint density at radius 1 is 1.24 bits per heavy atom. The van der Waals surface area contributed by atoms with Gasteiger partial charge < -0.3 is 14.1 Å². The highest BCUT2D eigenvalue weighted by Gasteiger charge is 2.25. The van der Waals surface area contributed by atoms with E-state index in [9.17, 15) is 18.8 Å². The van der Waals surface area contributed by atoms with Crippen LogP contribution in [0.15, 0.2) is 33.5 Å². The van der Waals surface area contributed by atoms with Crippen LogP contribution in [0, 0.1) is 11.7 Å². The van der Waals surface area contributed by atoms with Crippen molar-refractivity contribution in [1.29, 1.82) is 0 Å². The first-order chi connectivity index (χ1) is 13.8. The van der Waals surface area contributed by atoms with Crippen molar-refractivity contribution in [2.45, 2.75) is 45.2 Å². The Morgan fingerprint density at radius 3 is 2.55 bits per heavy atom. The largest absolute Gasteiger partial charge is 0.454 e. The summed E-state index contributed by atoms with van der Waals surface area (Å²) in [6, 6.07) is 5.39. The maximum absolute atomic E-state index is 13.0. The van der Waals surface area contributed by atoms with E-state index >= 15 is 0 Å². The summed E-state index contributed by atoms with van der Waals surface area (Å²) in [6.45, 7) is 1.33. The Labute approximate surface area is 167 Å². The molecule has 156 valence electrons. The molecule has 0 bridgehead atoms. The zero-order valence-electron chi connectivity index (χ0n) is 16.5. The molecule has 1 heterocycles. The minimum atomic E-state index is -0.846. The van der Waals surface area contributed by atoms with Crippen molar-refractivity contribution in [1.82, 2.24) is 14.7 Å². The Bertz CT molecular complexity index is 913. The number of halogens is 1. The van der Waals surface area contributed by atoms with Crippen molar-refractivity contribution in [3.05, 3.63) is 40.6 Å². The van der Waals surface area contributed by atoms with Gasteiger partial charge in [0.1, 0.15) is 12.4 Å². The molecule has 0 spiro atoms. The highest BCUT2D eigenvalue weighted by atomic mass is 19.1. The second kappa shape index (κ2) is 9.02. The molecule has 0 unspecified atom stereocenters. The lowest BCUT2D eigenvalue weighted by atomic mass is 9.87. The summed E-state index contributed by atoms with van der Waals surface area (Å²) in [7, 11) is 1.72. The zero-order valence-corrected chi connectivity index (χ0v) is 16.5. The Balaban J connectivity index is 1.52. The van der Waals surface area contributed by atoms with Gasteiger partial charge >= 0.3 is 11.7 Å². The molecule has 0 radical (unpaired) electrons. The van der Waals surface area contributed by atoms with Gasteiger partial charge in [0.25, 0.3) is 5.91 Å². The third kappa shape index (κ3) is 5.30. The molecule has 2 aromatic rings. The molecule has 1 saturated carbocycles. The number of esters is 1. The number of nitrogens with zero attached hydrogens (tertiary/aromatic N) is 3. The standard InChI is InChI=1S/C20H24FN3O5/c1-13-3-9-16(10-4-13)23(2)17(25)12-28-18(26)11-24-20(27)29-19(22-24)14-5-7-15(21)8-6-14/h5-8,13,16H,3-4,9-12H2,1-2H3. The molecule has 0 saturated heterocycles. The maximum Gasteiger partial charge on any atom is 0.437 e. The van der Waals surface area contributed by atoms with Gasteiger partial charge in [0.05, 0.1) is 0 Å². The fourth-order valence-corrected chi connectivity index (χ4v) is 3.36. The number of likely N-dealkylation sites (N-methyl/N-ethyl adjacent to an activating group) is 1. The van der Waals surface area contributed by atoms with Gasteiger partial charge in [-0.2, -0.15) is 4.68 Å². The number of carbonyl (C=O) groups is 2. The van der Waals surface area contributed by atoms with E-state index in [1.807, 2.05) is 0 Å². The van der Waals surface area contributed by atoms with Gasteiger partial charge in [-0.1, -0.05) is 6.92 Å². The van der Waals surface area contributed by atoms with Crippen LogP contribution in [-0.2, 0) is 20.9 Å². The van der Waals surface area contributed by atoms with Crippen molar-refractivity contribution in [3.63, 3.8) is 0 Å². The molecule has 1 aliphatic carbocycles. The predicted molar refractivity (Wildman–Crippen MR) is 101 cm³/mol. The molecule has 3 rings (SSSR count). The number of benzene rings is 1. The van der Waals surface area contributed by atoms with Crippen LogP contribution < -0.4 is 5.76 Å². The molecule has 1 amide bonds. The van der Waals surface area contributed by atoms with Crippen LogP contribution in [0.25, 0.3) is 11.5 Å². The molecule has 29 heavy (non-hydrogen) atoms. The number of rotatable bonds is 6. The van der Waals surface area contributed by atoms with Gasteiger partial charge in [-0.15, -0.1) is 5.10 Å². The van der Waals surface area contributed by atoms with E-state index in [0.717, 1.165) is 30.4 Å². The molecule has 1 aromatic carbocycles. The van der Waals surface area contributed by atoms with Gasteiger partial charge in [0.2, 0.25) is 5.89 Å². The second-order valence-electron chi connectivity index (χ2n) is 7.42. The average molecular weight is 405 g/mol. The fraction of sp³-hybridized carbons (Fsp3) is 0.500. The molecule has 0 aliphatic heterocycles. The van der Waals surface area contributed by atoms with E-state index in [4.69, 9.17) is 9.15 Å². The van der Waals surface area contributed by atoms with Gasteiger partial charge in [0.15, 0.2) is 6.61 Å². The van der Waals surface area contributed by atoms with E-state index in [1.54, 1.807) is 11.9 Å². The Hall–Kier alpha value is -2.97. The second-order valence-corrected chi connectivity index (χ2v) is 7.42. The number of hydrogen-bond donors (Lipinski definition) is 0. The van der Waals surface area contributed by atoms with Crippen LogP contribution in [-0.4, -0.2) is 46.3 Å². The summed E-state index contributed by atoms with van der Waals surface area (Å²) < 4.78 is 23.8. The SMILES string of the molecule is CC1CCC(N(C)C(=O)COC(=O)Cn2nc(-c3ccc(F)cc3)oc2=O)CC1. The predicted octanol–water partition coefficient (Wildman–Crippen LogP) is 2.22. The lowest BCUT2D eigenvalue weighted by Crippen LogP contribution is -2.41. The first kappa shape index (κ1) is 20.8. The van der Waals surface area contributed by atoms with Crippen LogP contribution >= 0.6 is 0 Å². The normalized spacial score (nSPS) is 19.0. The average Bonchev–Trinajstić information content (AvgIpc) is 3.07. The summed E-state index contributed by atoms with van der Waals surface area (Å²) in [5.74, 6) is -1.70. The molecule has 0 atom stereocenters. The van der Waals surface area contributed by atoms with E-state index in [-0.39, 0.29) is 17.8 Å². The molecule has 1 fully saturated rings. The number of aromatic nitrogens is 2. The van der Waals surface area contributed by atoms with Crippen LogP contribution in [0.3, 0.4) is 0 Å². The van der Waals surface area contributed by atoms with Gasteiger partial charge in [-0.3, -0.25) is 9.59 Å². The van der Waals surface area contributed by atoms with Crippen molar-refractivity contribution in [2.75, 3.05) is 13.7 Å². The smallest absolute Gasteiger partial charge is 0.437 e. The monoisotopic (exact) mass is 405 g/mol. The Morgan fingerprint density at radius 2 is 1.90 bits per heavy atom. The summed E-state index contributed by atoms with van der Waals surface area (Å²) in [4.78, 5) is 37.8. The van der Waals surface area contributed by atoms with Crippen LogP contribution in [0.4, 0.5) is 4.39 Å². The number of amides is 1. The summed E-state index contributed by atoms with van der Waals surface area (Å²) >= 11 is 0. The topological polar surface area (TPSA) is 94.6 Å². The van der Waals surface area contributed by atoms with E-state index in [0.29, 0.717) is 11.5 Å². The molecule has 1 aromatic heterocycles. The highest BCUT2D eigenvalue weighted by molar-refractivity contribution is 5.80. The maximum atomic E-state index is 13.0. The molecule has 8 nitrogen and oxygen atoms in total. The van der Waals surface area contributed by atoms with Crippen molar-refractivity contribution < 1.29 is 23.1 Å². The zero-order chi connectivity index (χ0) is 21.0. The van der Waals surface area contributed by atoms with Crippen molar-refractivity contribution in [2.24, 2.45) is 5.92 Å². The van der Waals surface area contributed by atoms with E-state index in [2.05, 4.69) is 12.0 Å². The minimum Gasteiger partial charge on any atom is -0.454 e. The summed E-state index contributed by atoms with van der Waals surface area (Å²) in [6.07, 6.45) is 4.04. The number of hydrogen-bond acceptors (Lipinski definition) is 6. The van der Waals surface area contributed by atoms with E-state index < -0.39 is 30.7 Å². The van der Waals surface area contributed by atoms with Gasteiger partial charge in [0, 0.05) is 18.7 Å². The third-order valence-corrected chi connectivity index (χ3v) is 5.26. The highest BCUT2D eigenvalue weighted by Crippen LogP contribution is 2.26. The molecule has 0 N–H and O–H groups in total. The lowest BCUT2D eigenvalue weighted by Gasteiger charge is -2.33. The van der Waals surface area contributed by atoms with Crippen LogP contribution in [0.5, 0.6) is 0 Å². The molecular formula is C20H24FN3O5. The van der Waals surface area contributed by atoms with Crippen molar-refractivity contribution in [3.8, 4) is 11.5 Å². The number of carbonyl (C=O) groups excluding carboxylic acids is 2. The Kier molecular flexibility index (Phi) is 6.46.